The van der Waals surface area contributed by atoms with E-state index in [9.17, 15) is 0 Å². The quantitative estimate of drug-likeness (QED) is 0.785. The van der Waals surface area contributed by atoms with Crippen LogP contribution in [0.25, 0.3) is 0 Å². The van der Waals surface area contributed by atoms with Crippen LogP contribution in [0.5, 0.6) is 0 Å². The molecule has 1 heterocycles. The molecule has 25 heavy (non-hydrogen) atoms. The van der Waals surface area contributed by atoms with Crippen molar-refractivity contribution in [1.29, 1.82) is 0 Å². The summed E-state index contributed by atoms with van der Waals surface area (Å²) >= 11 is 0. The van der Waals surface area contributed by atoms with Gasteiger partial charge in [-0.25, -0.2) is 0 Å². The first-order valence-corrected chi connectivity index (χ1v) is 11.5. The minimum atomic E-state index is -2.00. The van der Waals surface area contributed by atoms with E-state index in [1.54, 1.807) is 0 Å². The van der Waals surface area contributed by atoms with Crippen molar-refractivity contribution in [2.24, 2.45) is 0 Å². The molecule has 1 saturated heterocycles. The molecule has 1 aliphatic rings. The Bertz CT molecular complexity index is 686. The van der Waals surface area contributed by atoms with Gasteiger partial charge >= 0.3 is 7.12 Å². The zero-order chi connectivity index (χ0) is 18.1. The highest BCUT2D eigenvalue weighted by Gasteiger charge is 2.50. The highest BCUT2D eigenvalue weighted by molar-refractivity contribution is 7.05. The summed E-state index contributed by atoms with van der Waals surface area (Å²) in [6.45, 7) is 10.7. The second-order valence-corrected chi connectivity index (χ2v) is 11.8. The van der Waals surface area contributed by atoms with Gasteiger partial charge in [-0.2, -0.15) is 0 Å². The first-order valence-electron chi connectivity index (χ1n) is 8.91. The zero-order valence-electron chi connectivity index (χ0n) is 15.8. The lowest BCUT2D eigenvalue weighted by Crippen LogP contribution is -2.54. The van der Waals surface area contributed by atoms with Gasteiger partial charge in [0, 0.05) is 0 Å². The molecule has 2 aromatic rings. The molecule has 0 saturated carbocycles. The zero-order valence-corrected chi connectivity index (χ0v) is 16.8. The fourth-order valence-corrected chi connectivity index (χ4v) is 6.20. The maximum atomic E-state index is 6.14. The fraction of sp³-hybridized carbons (Fsp3) is 0.333. The van der Waals surface area contributed by atoms with E-state index in [1.807, 2.05) is 0 Å². The molecule has 1 fully saturated rings. The van der Waals surface area contributed by atoms with E-state index in [4.69, 9.17) is 9.31 Å². The molecule has 0 bridgehead atoms. The number of hydrogen-bond acceptors (Lipinski definition) is 2. The second-order valence-electron chi connectivity index (χ2n) is 7.92. The summed E-state index contributed by atoms with van der Waals surface area (Å²) in [5.74, 6) is 2.11. The molecule has 0 unspecified atom stereocenters. The van der Waals surface area contributed by atoms with Crippen molar-refractivity contribution in [2.45, 2.75) is 45.4 Å². The van der Waals surface area contributed by atoms with Crippen LogP contribution in [0.15, 0.2) is 72.3 Å². The highest BCUT2D eigenvalue weighted by Crippen LogP contribution is 2.37. The Morgan fingerprint density at radius 2 is 1.16 bits per heavy atom. The molecule has 130 valence electrons. The van der Waals surface area contributed by atoms with Crippen molar-refractivity contribution in [3.8, 4) is 0 Å². The Balaban J connectivity index is 1.95. The number of hydrogen-bond donors (Lipinski definition) is 0. The summed E-state index contributed by atoms with van der Waals surface area (Å²) in [5, 5.41) is 2.77. The van der Waals surface area contributed by atoms with Gasteiger partial charge in [-0.05, 0) is 27.7 Å². The molecule has 0 spiro atoms. The van der Waals surface area contributed by atoms with E-state index >= 15 is 0 Å². The van der Waals surface area contributed by atoms with Crippen LogP contribution in [0.2, 0.25) is 6.55 Å². The SMILES string of the molecule is CC1(C)OB(/C=C/[Si](C)(c2ccccc2)c2ccccc2)OC1(C)C. The van der Waals surface area contributed by atoms with Crippen LogP contribution in [0.3, 0.4) is 0 Å². The molecular weight excluding hydrogens is 323 g/mol. The Morgan fingerprint density at radius 3 is 1.56 bits per heavy atom. The van der Waals surface area contributed by atoms with Crippen LogP contribution in [0.4, 0.5) is 0 Å². The Morgan fingerprint density at radius 1 is 0.760 bits per heavy atom. The average molecular weight is 350 g/mol. The topological polar surface area (TPSA) is 18.5 Å². The summed E-state index contributed by atoms with van der Waals surface area (Å²) in [7, 11) is -2.30. The van der Waals surface area contributed by atoms with Gasteiger partial charge in [0.2, 0.25) is 0 Å². The number of rotatable bonds is 4. The summed E-state index contributed by atoms with van der Waals surface area (Å²) < 4.78 is 12.3. The van der Waals surface area contributed by atoms with Gasteiger partial charge in [-0.3, -0.25) is 0 Å². The van der Waals surface area contributed by atoms with Crippen LogP contribution in [0.1, 0.15) is 27.7 Å². The molecule has 0 amide bonds. The Labute approximate surface area is 153 Å². The van der Waals surface area contributed by atoms with Gasteiger partial charge in [0.1, 0.15) is 8.07 Å². The molecular formula is C21H27BO2Si. The molecule has 0 aliphatic carbocycles. The van der Waals surface area contributed by atoms with Gasteiger partial charge < -0.3 is 9.31 Å². The van der Waals surface area contributed by atoms with E-state index < -0.39 is 8.07 Å². The molecule has 0 radical (unpaired) electrons. The van der Waals surface area contributed by atoms with Crippen LogP contribution in [-0.4, -0.2) is 26.4 Å². The second kappa shape index (κ2) is 6.60. The molecule has 0 N–H and O–H groups in total. The highest BCUT2D eigenvalue weighted by atomic mass is 28.3. The minimum absolute atomic E-state index is 0.302. The minimum Gasteiger partial charge on any atom is -0.400 e. The maximum absolute atomic E-state index is 6.14. The van der Waals surface area contributed by atoms with E-state index in [0.29, 0.717) is 0 Å². The molecule has 1 aliphatic heterocycles. The Hall–Kier alpha value is -1.62. The van der Waals surface area contributed by atoms with Crippen molar-refractivity contribution in [3.63, 3.8) is 0 Å². The summed E-state index contributed by atoms with van der Waals surface area (Å²) in [5.41, 5.74) is 1.73. The predicted molar refractivity (Wildman–Crippen MR) is 109 cm³/mol. The smallest absolute Gasteiger partial charge is 0.400 e. The third kappa shape index (κ3) is 3.52. The van der Waals surface area contributed by atoms with Crippen LogP contribution in [0, 0.1) is 0 Å². The first kappa shape index (κ1) is 18.2. The van der Waals surface area contributed by atoms with Crippen LogP contribution in [-0.2, 0) is 9.31 Å². The lowest BCUT2D eigenvalue weighted by atomic mass is 9.90. The van der Waals surface area contributed by atoms with E-state index in [-0.39, 0.29) is 18.3 Å². The van der Waals surface area contributed by atoms with E-state index in [1.165, 1.54) is 10.4 Å². The lowest BCUT2D eigenvalue weighted by Gasteiger charge is -2.32. The summed E-state index contributed by atoms with van der Waals surface area (Å²) in [6.07, 6.45) is 0. The summed E-state index contributed by atoms with van der Waals surface area (Å²) in [6, 6.07) is 21.5. The van der Waals surface area contributed by atoms with E-state index in [0.717, 1.165) is 0 Å². The average Bonchev–Trinajstić information content (AvgIpc) is 2.81. The maximum Gasteiger partial charge on any atom is 0.486 e. The first-order chi connectivity index (χ1) is 11.7. The monoisotopic (exact) mass is 350 g/mol. The standard InChI is InChI=1S/C21H27BO2Si/c1-20(2)21(3,4)24-22(23-20)16-17-25(5,18-12-8-6-9-13-18)19-14-10-7-11-15-19/h6-17H,1-5H3/b17-16+. The molecule has 2 nitrogen and oxygen atoms in total. The van der Waals surface area contributed by atoms with Crippen molar-refractivity contribution in [3.05, 3.63) is 72.3 Å². The molecule has 3 rings (SSSR count). The number of benzene rings is 2. The third-order valence-electron chi connectivity index (χ3n) is 5.61. The molecule has 0 aromatic heterocycles. The van der Waals surface area contributed by atoms with Crippen molar-refractivity contribution >= 4 is 25.6 Å². The van der Waals surface area contributed by atoms with Gasteiger partial charge in [0.25, 0.3) is 0 Å². The normalized spacial score (nSPS) is 19.5. The predicted octanol–water partition coefficient (Wildman–Crippen LogP) is 3.61. The van der Waals surface area contributed by atoms with Crippen LogP contribution >= 0.6 is 0 Å². The largest absolute Gasteiger partial charge is 0.486 e. The van der Waals surface area contributed by atoms with Gasteiger partial charge in [0.05, 0.1) is 11.2 Å². The van der Waals surface area contributed by atoms with Crippen LogP contribution < -0.4 is 10.4 Å². The fourth-order valence-electron chi connectivity index (χ4n) is 3.17. The summed E-state index contributed by atoms with van der Waals surface area (Å²) in [4.78, 5) is 0. The van der Waals surface area contributed by atoms with Crippen molar-refractivity contribution < 1.29 is 9.31 Å². The van der Waals surface area contributed by atoms with Gasteiger partial charge in [0.15, 0.2) is 0 Å². The van der Waals surface area contributed by atoms with E-state index in [2.05, 4.69) is 107 Å². The molecule has 4 heteroatoms. The van der Waals surface area contributed by atoms with Crippen molar-refractivity contribution in [1.82, 2.24) is 0 Å². The van der Waals surface area contributed by atoms with Crippen molar-refractivity contribution in [2.75, 3.05) is 0 Å². The van der Waals surface area contributed by atoms with Gasteiger partial charge in [-0.1, -0.05) is 89.3 Å². The molecule has 2 aromatic carbocycles. The van der Waals surface area contributed by atoms with Gasteiger partial charge in [-0.15, -0.1) is 0 Å². The molecule has 0 atom stereocenters. The Kier molecular flexibility index (Phi) is 4.80. The third-order valence-corrected chi connectivity index (χ3v) is 9.53. The lowest BCUT2D eigenvalue weighted by molar-refractivity contribution is 0.00578.